The molecule has 35 heavy (non-hydrogen) atoms. The Balaban J connectivity index is 1.62. The quantitative estimate of drug-likeness (QED) is 0.201. The number of nitrogens with zero attached hydrogens (tertiary/aromatic N) is 3. The molecule has 1 aliphatic rings. The highest BCUT2D eigenvalue weighted by Crippen LogP contribution is 2.34. The summed E-state index contributed by atoms with van der Waals surface area (Å²) >= 11 is 0. The lowest BCUT2D eigenvalue weighted by Gasteiger charge is -2.13. The van der Waals surface area contributed by atoms with Crippen LogP contribution in [0.2, 0.25) is 0 Å². The molecule has 0 bridgehead atoms. The molecule has 4 rings (SSSR count). The van der Waals surface area contributed by atoms with E-state index >= 15 is 0 Å². The molecule has 1 aliphatic heterocycles. The van der Waals surface area contributed by atoms with E-state index in [0.29, 0.717) is 28.2 Å². The van der Waals surface area contributed by atoms with Crippen LogP contribution in [-0.4, -0.2) is 28.8 Å². The van der Waals surface area contributed by atoms with Gasteiger partial charge in [-0.3, -0.25) is 20.2 Å². The summed E-state index contributed by atoms with van der Waals surface area (Å²) in [5.41, 5.74) is 1.27. The minimum atomic E-state index is -0.703. The molecule has 3 aromatic carbocycles. The monoisotopic (exact) mass is 475 g/mol. The molecule has 0 N–H and O–H groups in total. The van der Waals surface area contributed by atoms with Crippen molar-refractivity contribution in [1.82, 2.24) is 0 Å². The Labute approximate surface area is 198 Å². The van der Waals surface area contributed by atoms with Crippen molar-refractivity contribution in [2.24, 2.45) is 4.99 Å². The predicted octanol–water partition coefficient (Wildman–Crippen LogP) is 4.44. The number of nitro benzene ring substituents is 2. The van der Waals surface area contributed by atoms with Crippen molar-refractivity contribution in [3.8, 4) is 11.5 Å². The molecule has 0 saturated heterocycles. The molecule has 11 nitrogen and oxygen atoms in total. The zero-order valence-corrected chi connectivity index (χ0v) is 18.2. The number of ether oxygens (including phenoxy) is 3. The van der Waals surface area contributed by atoms with Crippen LogP contribution in [-0.2, 0) is 16.1 Å². The molecule has 0 spiro atoms. The highest BCUT2D eigenvalue weighted by molar-refractivity contribution is 6.13. The third-order valence-corrected chi connectivity index (χ3v) is 4.97. The van der Waals surface area contributed by atoms with E-state index in [1.54, 1.807) is 30.3 Å². The van der Waals surface area contributed by atoms with Crippen molar-refractivity contribution in [3.63, 3.8) is 0 Å². The Hall–Kier alpha value is -5.06. The first-order valence-electron chi connectivity index (χ1n) is 10.2. The van der Waals surface area contributed by atoms with Gasteiger partial charge in [-0.2, -0.15) is 0 Å². The van der Waals surface area contributed by atoms with Crippen molar-refractivity contribution in [1.29, 1.82) is 0 Å². The molecule has 0 aliphatic carbocycles. The van der Waals surface area contributed by atoms with Crippen molar-refractivity contribution >= 4 is 29.3 Å². The zero-order chi connectivity index (χ0) is 24.9. The van der Waals surface area contributed by atoms with E-state index in [-0.39, 0.29) is 29.6 Å². The number of nitro groups is 2. The van der Waals surface area contributed by atoms with Crippen LogP contribution in [0.3, 0.4) is 0 Å². The number of non-ortho nitro benzene ring substituents is 2. The normalized spacial score (nSPS) is 13.8. The van der Waals surface area contributed by atoms with E-state index in [9.17, 15) is 25.0 Å². The zero-order valence-electron chi connectivity index (χ0n) is 18.2. The molecule has 0 aromatic heterocycles. The number of methoxy groups -OCH3 is 1. The Morgan fingerprint density at radius 2 is 1.69 bits per heavy atom. The highest BCUT2D eigenvalue weighted by Gasteiger charge is 2.25. The fourth-order valence-corrected chi connectivity index (χ4v) is 3.28. The van der Waals surface area contributed by atoms with E-state index < -0.39 is 15.8 Å². The van der Waals surface area contributed by atoms with Crippen LogP contribution in [0.1, 0.15) is 16.7 Å². The summed E-state index contributed by atoms with van der Waals surface area (Å²) in [6.07, 6.45) is 1.46. The molecule has 0 saturated carbocycles. The summed E-state index contributed by atoms with van der Waals surface area (Å²) in [6, 6.07) is 16.5. The van der Waals surface area contributed by atoms with Crippen molar-refractivity contribution in [2.75, 3.05) is 7.11 Å². The largest absolute Gasteiger partial charge is 0.493 e. The molecular formula is C24H17N3O8. The number of cyclic esters (lactones) is 1. The topological polar surface area (TPSA) is 143 Å². The summed E-state index contributed by atoms with van der Waals surface area (Å²) in [4.78, 5) is 37.5. The number of aliphatic imine (C=N–C) groups is 1. The molecule has 0 radical (unpaired) electrons. The van der Waals surface area contributed by atoms with E-state index in [2.05, 4.69) is 4.99 Å². The molecule has 0 fully saturated rings. The molecule has 1 heterocycles. The SMILES string of the molecule is COc1cccc(/C=C2\N=C(c3ccc([N+](=O)[O-])cc3)OC2=O)c1OCc1cccc([N+](=O)[O-])c1. The van der Waals surface area contributed by atoms with Crippen molar-refractivity contribution < 1.29 is 28.9 Å². The average Bonchev–Trinajstić information content (AvgIpc) is 3.23. The lowest BCUT2D eigenvalue weighted by atomic mass is 10.1. The standard InChI is InChI=1S/C24H17N3O8/c1-33-21-7-3-5-17(22(21)34-14-15-4-2-6-19(12-15)27(31)32)13-20-24(28)35-23(25-20)16-8-10-18(11-9-16)26(29)30/h2-13H,14H2,1H3/b20-13-. The lowest BCUT2D eigenvalue weighted by molar-refractivity contribution is -0.385. The number of carbonyl (C=O) groups excluding carboxylic acids is 1. The fraction of sp³-hybridized carbons (Fsp3) is 0.0833. The van der Waals surface area contributed by atoms with E-state index in [1.165, 1.54) is 49.6 Å². The maximum atomic E-state index is 12.4. The minimum Gasteiger partial charge on any atom is -0.493 e. The number of esters is 1. The van der Waals surface area contributed by atoms with Gasteiger partial charge in [0.05, 0.1) is 17.0 Å². The number of hydrogen-bond donors (Lipinski definition) is 0. The second-order valence-electron chi connectivity index (χ2n) is 7.23. The maximum Gasteiger partial charge on any atom is 0.363 e. The Kier molecular flexibility index (Phi) is 6.49. The van der Waals surface area contributed by atoms with Crippen LogP contribution >= 0.6 is 0 Å². The first-order valence-corrected chi connectivity index (χ1v) is 10.2. The van der Waals surface area contributed by atoms with Crippen LogP contribution in [0.5, 0.6) is 11.5 Å². The van der Waals surface area contributed by atoms with Gasteiger partial charge in [0.25, 0.3) is 11.4 Å². The Morgan fingerprint density at radius 3 is 2.37 bits per heavy atom. The molecule has 3 aromatic rings. The first-order chi connectivity index (χ1) is 16.9. The number of para-hydroxylation sites is 1. The van der Waals surface area contributed by atoms with E-state index in [0.717, 1.165) is 0 Å². The van der Waals surface area contributed by atoms with Crippen LogP contribution in [0.25, 0.3) is 6.08 Å². The van der Waals surface area contributed by atoms with Gasteiger partial charge >= 0.3 is 5.97 Å². The molecule has 0 atom stereocenters. The van der Waals surface area contributed by atoms with Crippen LogP contribution in [0.15, 0.2) is 77.4 Å². The van der Waals surface area contributed by atoms with Crippen molar-refractivity contribution in [3.05, 3.63) is 109 Å². The smallest absolute Gasteiger partial charge is 0.363 e. The van der Waals surface area contributed by atoms with Crippen LogP contribution in [0.4, 0.5) is 11.4 Å². The number of hydrogen-bond acceptors (Lipinski definition) is 9. The van der Waals surface area contributed by atoms with Gasteiger partial charge in [-0.15, -0.1) is 0 Å². The lowest BCUT2D eigenvalue weighted by Crippen LogP contribution is -2.05. The van der Waals surface area contributed by atoms with Crippen molar-refractivity contribution in [2.45, 2.75) is 6.61 Å². The third-order valence-electron chi connectivity index (χ3n) is 4.97. The minimum absolute atomic E-state index is 0.00759. The molecule has 176 valence electrons. The van der Waals surface area contributed by atoms with Crippen LogP contribution < -0.4 is 9.47 Å². The third kappa shape index (κ3) is 5.14. The van der Waals surface area contributed by atoms with Gasteiger partial charge in [0.1, 0.15) is 6.61 Å². The van der Waals surface area contributed by atoms with Gasteiger partial charge in [-0.25, -0.2) is 9.79 Å². The van der Waals surface area contributed by atoms with Crippen LogP contribution in [0, 0.1) is 20.2 Å². The van der Waals surface area contributed by atoms with E-state index in [1.807, 2.05) is 0 Å². The number of benzene rings is 3. The summed E-state index contributed by atoms with van der Waals surface area (Å²) in [5, 5.41) is 21.9. The summed E-state index contributed by atoms with van der Waals surface area (Å²) in [6.45, 7) is 0.0139. The van der Waals surface area contributed by atoms with Gasteiger partial charge in [0.2, 0.25) is 5.90 Å². The molecular weight excluding hydrogens is 458 g/mol. The maximum absolute atomic E-state index is 12.4. The number of carbonyl (C=O) groups is 1. The summed E-state index contributed by atoms with van der Waals surface area (Å²) < 4.78 is 16.5. The fourth-order valence-electron chi connectivity index (χ4n) is 3.28. The predicted molar refractivity (Wildman–Crippen MR) is 124 cm³/mol. The average molecular weight is 475 g/mol. The summed E-state index contributed by atoms with van der Waals surface area (Å²) in [5.74, 6) is 0.000392. The highest BCUT2D eigenvalue weighted by atomic mass is 16.6. The summed E-state index contributed by atoms with van der Waals surface area (Å²) in [7, 11) is 1.46. The number of rotatable bonds is 8. The first kappa shape index (κ1) is 23.1. The van der Waals surface area contributed by atoms with E-state index in [4.69, 9.17) is 14.2 Å². The van der Waals surface area contributed by atoms with Gasteiger partial charge in [0, 0.05) is 35.4 Å². The van der Waals surface area contributed by atoms with Gasteiger partial charge in [0.15, 0.2) is 17.2 Å². The molecule has 11 heteroatoms. The Bertz CT molecular complexity index is 1380. The second-order valence-corrected chi connectivity index (χ2v) is 7.23. The van der Waals surface area contributed by atoms with Gasteiger partial charge < -0.3 is 14.2 Å². The van der Waals surface area contributed by atoms with Gasteiger partial charge in [-0.05, 0) is 29.8 Å². The second kappa shape index (κ2) is 9.83. The van der Waals surface area contributed by atoms with Gasteiger partial charge in [-0.1, -0.05) is 24.3 Å². The molecule has 0 unspecified atom stereocenters. The Morgan fingerprint density at radius 1 is 0.971 bits per heavy atom. The molecule has 0 amide bonds.